The van der Waals surface area contributed by atoms with E-state index in [9.17, 15) is 19.3 Å². The maximum Gasteiger partial charge on any atom is 0.285 e. The molecule has 1 heterocycles. The zero-order valence-electron chi connectivity index (χ0n) is 13.6. The molecule has 2 aromatic carbocycles. The smallest absolute Gasteiger partial charge is 0.285 e. The fourth-order valence-electron chi connectivity index (χ4n) is 3.01. The lowest BCUT2D eigenvalue weighted by Gasteiger charge is -2.25. The van der Waals surface area contributed by atoms with Gasteiger partial charge in [-0.2, -0.15) is 0 Å². The number of fused-ring (bicyclic) bond motifs is 1. The van der Waals surface area contributed by atoms with Gasteiger partial charge in [-0.1, -0.05) is 18.2 Å². The van der Waals surface area contributed by atoms with Crippen LogP contribution in [0.15, 0.2) is 36.4 Å². The predicted octanol–water partition coefficient (Wildman–Crippen LogP) is 3.02. The number of para-hydroxylation sites is 1. The first-order valence-corrected chi connectivity index (χ1v) is 7.89. The number of halogens is 1. The van der Waals surface area contributed by atoms with Gasteiger partial charge in [-0.05, 0) is 37.1 Å². The minimum atomic E-state index is -0.678. The number of carbonyl (C=O) groups excluding carboxylic acids is 1. The van der Waals surface area contributed by atoms with Crippen LogP contribution in [-0.2, 0) is 6.42 Å². The highest BCUT2D eigenvalue weighted by Gasteiger charge is 2.26. The van der Waals surface area contributed by atoms with E-state index >= 15 is 0 Å². The lowest BCUT2D eigenvalue weighted by Crippen LogP contribution is -2.35. The van der Waals surface area contributed by atoms with E-state index in [1.807, 2.05) is 24.3 Å². The Balaban J connectivity index is 1.71. The Hall–Kier alpha value is -2.96. The highest BCUT2D eigenvalue weighted by Crippen LogP contribution is 2.27. The number of aryl methyl sites for hydroxylation is 1. The van der Waals surface area contributed by atoms with Crippen LogP contribution in [0.2, 0.25) is 0 Å². The van der Waals surface area contributed by atoms with Crippen LogP contribution in [0.25, 0.3) is 0 Å². The molecule has 0 saturated carbocycles. The molecule has 1 N–H and O–H groups in total. The topological polar surface area (TPSA) is 81.5 Å². The maximum atomic E-state index is 13.6. The van der Waals surface area contributed by atoms with Gasteiger partial charge >= 0.3 is 0 Å². The summed E-state index contributed by atoms with van der Waals surface area (Å²) in [6.07, 6.45) is 0.737. The minimum Gasteiger partial charge on any atom is -0.493 e. The molecule has 2 aromatic rings. The fourth-order valence-corrected chi connectivity index (χ4v) is 3.01. The van der Waals surface area contributed by atoms with Gasteiger partial charge in [-0.15, -0.1) is 0 Å². The van der Waals surface area contributed by atoms with Crippen molar-refractivity contribution < 1.29 is 18.8 Å². The van der Waals surface area contributed by atoms with E-state index in [1.54, 1.807) is 0 Å². The van der Waals surface area contributed by atoms with Crippen LogP contribution in [0.4, 0.5) is 10.1 Å². The Labute approximate surface area is 143 Å². The first kappa shape index (κ1) is 16.9. The molecule has 1 aliphatic heterocycles. The van der Waals surface area contributed by atoms with E-state index in [0.29, 0.717) is 13.2 Å². The standard InChI is InChI=1S/C18H17FN2O4/c1-11-6-14(19)8-15(17(11)21(23)24)18(22)20-9-12-7-13-4-2-3-5-16(13)25-10-12/h2-6,8,12H,7,9-10H2,1H3,(H,20,22). The van der Waals surface area contributed by atoms with Crippen LogP contribution in [-0.4, -0.2) is 24.0 Å². The molecule has 25 heavy (non-hydrogen) atoms. The number of rotatable bonds is 4. The average molecular weight is 344 g/mol. The molecule has 0 radical (unpaired) electrons. The number of carbonyl (C=O) groups is 1. The molecule has 1 amide bonds. The summed E-state index contributed by atoms with van der Waals surface area (Å²) in [4.78, 5) is 22.9. The lowest BCUT2D eigenvalue weighted by molar-refractivity contribution is -0.385. The van der Waals surface area contributed by atoms with Gasteiger partial charge in [0.05, 0.1) is 11.5 Å². The Morgan fingerprint density at radius 1 is 1.40 bits per heavy atom. The highest BCUT2D eigenvalue weighted by molar-refractivity contribution is 5.98. The number of ether oxygens (including phenoxy) is 1. The third-order valence-corrected chi connectivity index (χ3v) is 4.20. The van der Waals surface area contributed by atoms with Gasteiger partial charge in [0, 0.05) is 18.0 Å². The number of nitrogens with zero attached hydrogens (tertiary/aromatic N) is 1. The number of nitro groups is 1. The van der Waals surface area contributed by atoms with Gasteiger partial charge in [-0.25, -0.2) is 4.39 Å². The summed E-state index contributed by atoms with van der Waals surface area (Å²) in [5.74, 6) is -0.453. The van der Waals surface area contributed by atoms with Gasteiger partial charge in [0.25, 0.3) is 11.6 Å². The molecule has 0 bridgehead atoms. The van der Waals surface area contributed by atoms with Gasteiger partial charge in [0.2, 0.25) is 0 Å². The number of hydrogen-bond donors (Lipinski definition) is 1. The van der Waals surface area contributed by atoms with Gasteiger partial charge in [0.1, 0.15) is 17.1 Å². The molecular weight excluding hydrogens is 327 g/mol. The number of nitro benzene ring substituents is 1. The number of benzene rings is 2. The summed E-state index contributed by atoms with van der Waals surface area (Å²) in [5, 5.41) is 13.8. The van der Waals surface area contributed by atoms with Gasteiger partial charge < -0.3 is 10.1 Å². The zero-order valence-corrected chi connectivity index (χ0v) is 13.6. The van der Waals surface area contributed by atoms with Crippen molar-refractivity contribution in [2.45, 2.75) is 13.3 Å². The van der Waals surface area contributed by atoms with Crippen molar-refractivity contribution in [2.24, 2.45) is 5.92 Å². The molecule has 130 valence electrons. The van der Waals surface area contributed by atoms with Crippen molar-refractivity contribution in [2.75, 3.05) is 13.2 Å². The molecule has 0 saturated heterocycles. The molecule has 0 aliphatic carbocycles. The second kappa shape index (κ2) is 6.88. The predicted molar refractivity (Wildman–Crippen MR) is 89.3 cm³/mol. The molecular formula is C18H17FN2O4. The van der Waals surface area contributed by atoms with Crippen molar-refractivity contribution in [3.8, 4) is 5.75 Å². The van der Waals surface area contributed by atoms with Gasteiger partial charge in [0.15, 0.2) is 0 Å². The third kappa shape index (κ3) is 3.60. The Bertz CT molecular complexity index is 838. The summed E-state index contributed by atoms with van der Waals surface area (Å²) >= 11 is 0. The largest absolute Gasteiger partial charge is 0.493 e. The SMILES string of the molecule is Cc1cc(F)cc(C(=O)NCC2COc3ccccc3C2)c1[N+](=O)[O-]. The van der Waals surface area contributed by atoms with E-state index in [-0.39, 0.29) is 22.7 Å². The quantitative estimate of drug-likeness (QED) is 0.683. The monoisotopic (exact) mass is 344 g/mol. The van der Waals surface area contributed by atoms with Crippen molar-refractivity contribution >= 4 is 11.6 Å². The summed E-state index contributed by atoms with van der Waals surface area (Å²) in [7, 11) is 0. The molecule has 1 atom stereocenters. The second-order valence-electron chi connectivity index (χ2n) is 6.07. The Morgan fingerprint density at radius 3 is 2.92 bits per heavy atom. The number of hydrogen-bond acceptors (Lipinski definition) is 4. The maximum absolute atomic E-state index is 13.6. The molecule has 1 aliphatic rings. The van der Waals surface area contributed by atoms with E-state index < -0.39 is 16.6 Å². The van der Waals surface area contributed by atoms with Crippen molar-refractivity contribution in [3.05, 3.63) is 69.0 Å². The molecule has 1 unspecified atom stereocenters. The van der Waals surface area contributed by atoms with Crippen LogP contribution in [0, 0.1) is 28.8 Å². The van der Waals surface area contributed by atoms with Crippen molar-refractivity contribution in [1.82, 2.24) is 5.32 Å². The normalized spacial score (nSPS) is 15.8. The second-order valence-corrected chi connectivity index (χ2v) is 6.07. The minimum absolute atomic E-state index is 0.0487. The summed E-state index contributed by atoms with van der Waals surface area (Å²) in [6, 6.07) is 9.61. The summed E-state index contributed by atoms with van der Waals surface area (Å²) in [5.41, 5.74) is 0.537. The highest BCUT2D eigenvalue weighted by atomic mass is 19.1. The van der Waals surface area contributed by atoms with Gasteiger partial charge in [-0.3, -0.25) is 14.9 Å². The molecule has 0 aromatic heterocycles. The molecule has 6 nitrogen and oxygen atoms in total. The van der Waals surface area contributed by atoms with E-state index in [1.165, 1.54) is 6.92 Å². The van der Waals surface area contributed by atoms with Crippen LogP contribution >= 0.6 is 0 Å². The molecule has 0 spiro atoms. The van der Waals surface area contributed by atoms with Crippen LogP contribution in [0.1, 0.15) is 21.5 Å². The fraction of sp³-hybridized carbons (Fsp3) is 0.278. The first-order valence-electron chi connectivity index (χ1n) is 7.89. The van der Waals surface area contributed by atoms with Crippen LogP contribution in [0.3, 0.4) is 0 Å². The van der Waals surface area contributed by atoms with E-state index in [0.717, 1.165) is 29.9 Å². The lowest BCUT2D eigenvalue weighted by atomic mass is 9.96. The van der Waals surface area contributed by atoms with Crippen LogP contribution < -0.4 is 10.1 Å². The van der Waals surface area contributed by atoms with Crippen LogP contribution in [0.5, 0.6) is 5.75 Å². The third-order valence-electron chi connectivity index (χ3n) is 4.20. The average Bonchev–Trinajstić information content (AvgIpc) is 2.58. The molecule has 0 fully saturated rings. The number of nitrogens with one attached hydrogen (secondary N) is 1. The first-order chi connectivity index (χ1) is 12.0. The van der Waals surface area contributed by atoms with E-state index in [2.05, 4.69) is 5.32 Å². The van der Waals surface area contributed by atoms with Crippen molar-refractivity contribution in [1.29, 1.82) is 0 Å². The zero-order chi connectivity index (χ0) is 18.0. The summed E-state index contributed by atoms with van der Waals surface area (Å²) < 4.78 is 19.2. The summed E-state index contributed by atoms with van der Waals surface area (Å²) in [6.45, 7) is 2.14. The number of amides is 1. The van der Waals surface area contributed by atoms with E-state index in [4.69, 9.17) is 4.74 Å². The Morgan fingerprint density at radius 2 is 2.16 bits per heavy atom. The molecule has 7 heteroatoms. The van der Waals surface area contributed by atoms with Crippen molar-refractivity contribution in [3.63, 3.8) is 0 Å². The molecule has 3 rings (SSSR count). The Kier molecular flexibility index (Phi) is 4.65.